The molecule has 5 N–H and O–H groups in total. The van der Waals surface area contributed by atoms with Crippen molar-refractivity contribution in [1.82, 2.24) is 6.15 Å². The smallest absolute Gasteiger partial charge is 0.259 e. The van der Waals surface area contributed by atoms with E-state index in [9.17, 15) is 19.5 Å². The van der Waals surface area contributed by atoms with E-state index in [1.165, 1.54) is 19.9 Å². The van der Waals surface area contributed by atoms with Gasteiger partial charge in [-0.3, -0.25) is 14.4 Å². The molecule has 6 nitrogen and oxygen atoms in total. The van der Waals surface area contributed by atoms with Crippen LogP contribution >= 0.6 is 0 Å². The average molecular weight is 364 g/mol. The maximum Gasteiger partial charge on any atom is 0.259 e. The van der Waals surface area contributed by atoms with Crippen LogP contribution in [-0.4, -0.2) is 22.6 Å². The molecule has 0 spiro atoms. The van der Waals surface area contributed by atoms with E-state index in [1.807, 2.05) is 24.3 Å². The molecule has 0 fully saturated rings. The molecule has 0 radical (unpaired) electrons. The Balaban J connectivity index is 0.00000261. The third-order valence-corrected chi connectivity index (χ3v) is 4.15. The van der Waals surface area contributed by atoms with Crippen LogP contribution in [0.15, 0.2) is 54.6 Å². The van der Waals surface area contributed by atoms with Crippen LogP contribution in [0.25, 0.3) is 10.8 Å². The highest BCUT2D eigenvalue weighted by Crippen LogP contribution is 2.27. The summed E-state index contributed by atoms with van der Waals surface area (Å²) in [5, 5.41) is 14.4. The molecule has 0 heterocycles. The summed E-state index contributed by atoms with van der Waals surface area (Å²) in [7, 11) is 0. The number of phenols is 1. The van der Waals surface area contributed by atoms with Crippen LogP contribution in [0, 0.1) is 0 Å². The van der Waals surface area contributed by atoms with Gasteiger partial charge in [-0.05, 0) is 42.8 Å². The van der Waals surface area contributed by atoms with Crippen LogP contribution in [0.1, 0.15) is 44.9 Å². The second-order valence-corrected chi connectivity index (χ2v) is 6.01. The van der Waals surface area contributed by atoms with E-state index in [2.05, 4.69) is 5.32 Å². The molecular weight excluding hydrogens is 344 g/mol. The van der Waals surface area contributed by atoms with Crippen molar-refractivity contribution in [2.45, 2.75) is 13.8 Å². The summed E-state index contributed by atoms with van der Waals surface area (Å²) in [6.07, 6.45) is 0. The van der Waals surface area contributed by atoms with Crippen LogP contribution in [0.5, 0.6) is 5.75 Å². The van der Waals surface area contributed by atoms with Crippen LogP contribution in [-0.2, 0) is 0 Å². The summed E-state index contributed by atoms with van der Waals surface area (Å²) in [5.74, 6) is -1.31. The molecule has 0 saturated heterocycles. The molecule has 3 aromatic rings. The number of Topliss-reactive ketones (excluding diaryl/α,β-unsaturated/α-hetero) is 2. The fraction of sp³-hybridized carbons (Fsp3) is 0.0952. The van der Waals surface area contributed by atoms with E-state index in [0.29, 0.717) is 0 Å². The molecule has 0 unspecified atom stereocenters. The maximum absolute atomic E-state index is 12.7. The number of fused-ring (bicyclic) bond motifs is 1. The Morgan fingerprint density at radius 2 is 1.44 bits per heavy atom. The fourth-order valence-electron chi connectivity index (χ4n) is 2.93. The second-order valence-electron chi connectivity index (χ2n) is 6.01. The highest BCUT2D eigenvalue weighted by atomic mass is 16.3. The Labute approximate surface area is 156 Å². The van der Waals surface area contributed by atoms with E-state index in [0.717, 1.165) is 10.8 Å². The Bertz CT molecular complexity index is 1060. The largest absolute Gasteiger partial charge is 0.507 e. The molecule has 138 valence electrons. The molecule has 6 heteroatoms. The van der Waals surface area contributed by atoms with Gasteiger partial charge in [-0.15, -0.1) is 0 Å². The van der Waals surface area contributed by atoms with Gasteiger partial charge >= 0.3 is 0 Å². The lowest BCUT2D eigenvalue weighted by molar-refractivity contribution is 0.0980. The molecule has 0 aliphatic rings. The van der Waals surface area contributed by atoms with Gasteiger partial charge in [0.1, 0.15) is 5.75 Å². The molecule has 0 atom stereocenters. The number of hydrogen-bond donors (Lipinski definition) is 3. The van der Waals surface area contributed by atoms with Crippen LogP contribution < -0.4 is 11.5 Å². The number of phenolic OH excluding ortho intramolecular Hbond substituents is 1. The van der Waals surface area contributed by atoms with Gasteiger partial charge in [0.2, 0.25) is 0 Å². The number of anilines is 1. The number of aromatic hydroxyl groups is 1. The van der Waals surface area contributed by atoms with Gasteiger partial charge in [-0.2, -0.15) is 0 Å². The van der Waals surface area contributed by atoms with Crippen molar-refractivity contribution in [2.75, 3.05) is 5.32 Å². The summed E-state index contributed by atoms with van der Waals surface area (Å²) in [4.78, 5) is 36.4. The van der Waals surface area contributed by atoms with Crippen molar-refractivity contribution in [1.29, 1.82) is 0 Å². The Morgan fingerprint density at radius 3 is 2.04 bits per heavy atom. The van der Waals surface area contributed by atoms with Gasteiger partial charge in [0.25, 0.3) is 5.91 Å². The predicted octanol–water partition coefficient (Wildman–Crippen LogP) is 4.36. The second kappa shape index (κ2) is 7.80. The molecule has 0 aliphatic heterocycles. The predicted molar refractivity (Wildman–Crippen MR) is 105 cm³/mol. The number of benzene rings is 3. The molecule has 3 aromatic carbocycles. The van der Waals surface area contributed by atoms with Gasteiger partial charge in [0, 0.05) is 5.56 Å². The SMILES string of the molecule is CC(=O)c1cccc(NC(=O)c2cc3ccccc3cc2O)c1C(C)=O.N. The first-order chi connectivity index (χ1) is 12.4. The van der Waals surface area contributed by atoms with E-state index in [1.54, 1.807) is 24.3 Å². The Morgan fingerprint density at radius 1 is 0.815 bits per heavy atom. The standard InChI is InChI=1S/C21H17NO4.H3N/c1-12(23)16-8-5-9-18(20(16)13(2)24)22-21(26)17-10-14-6-3-4-7-15(14)11-19(17)25;/h3-11,25H,1-2H3,(H,22,26);1H3. The summed E-state index contributed by atoms with van der Waals surface area (Å²) in [6.45, 7) is 2.70. The third-order valence-electron chi connectivity index (χ3n) is 4.15. The zero-order valence-corrected chi connectivity index (χ0v) is 15.1. The van der Waals surface area contributed by atoms with E-state index in [4.69, 9.17) is 0 Å². The van der Waals surface area contributed by atoms with Crippen LogP contribution in [0.2, 0.25) is 0 Å². The van der Waals surface area contributed by atoms with Crippen molar-refractivity contribution in [2.24, 2.45) is 0 Å². The summed E-state index contributed by atoms with van der Waals surface area (Å²) in [6, 6.07) is 15.1. The van der Waals surface area contributed by atoms with Crippen LogP contribution in [0.4, 0.5) is 5.69 Å². The number of nitrogens with one attached hydrogen (secondary N) is 1. The van der Waals surface area contributed by atoms with E-state index < -0.39 is 5.91 Å². The summed E-state index contributed by atoms with van der Waals surface area (Å²) in [5.41, 5.74) is 0.737. The van der Waals surface area contributed by atoms with Crippen LogP contribution in [0.3, 0.4) is 0 Å². The van der Waals surface area contributed by atoms with Crippen molar-refractivity contribution >= 4 is 33.9 Å². The number of carbonyl (C=O) groups is 3. The molecule has 0 aromatic heterocycles. The zero-order chi connectivity index (χ0) is 18.8. The minimum Gasteiger partial charge on any atom is -0.507 e. The van der Waals surface area contributed by atoms with Crippen molar-refractivity contribution < 1.29 is 19.5 Å². The monoisotopic (exact) mass is 364 g/mol. The molecule has 0 saturated carbocycles. The summed E-state index contributed by atoms with van der Waals surface area (Å²) < 4.78 is 0. The number of carbonyl (C=O) groups excluding carboxylic acids is 3. The highest BCUT2D eigenvalue weighted by Gasteiger charge is 2.19. The van der Waals surface area contributed by atoms with Gasteiger partial charge < -0.3 is 16.6 Å². The van der Waals surface area contributed by atoms with Gasteiger partial charge in [-0.1, -0.05) is 36.4 Å². The average Bonchev–Trinajstić information content (AvgIpc) is 2.60. The van der Waals surface area contributed by atoms with E-state index in [-0.39, 0.29) is 45.8 Å². The normalized spacial score (nSPS) is 10.1. The Kier molecular flexibility index (Phi) is 5.72. The molecule has 27 heavy (non-hydrogen) atoms. The van der Waals surface area contributed by atoms with Crippen molar-refractivity contribution in [3.8, 4) is 5.75 Å². The highest BCUT2D eigenvalue weighted by molar-refractivity contribution is 6.15. The van der Waals surface area contributed by atoms with Crippen molar-refractivity contribution in [3.63, 3.8) is 0 Å². The Hall–Kier alpha value is -3.51. The fourth-order valence-corrected chi connectivity index (χ4v) is 2.93. The van der Waals surface area contributed by atoms with Gasteiger partial charge in [-0.25, -0.2) is 0 Å². The quantitative estimate of drug-likeness (QED) is 0.594. The first-order valence-corrected chi connectivity index (χ1v) is 8.06. The number of amides is 1. The van der Waals surface area contributed by atoms with E-state index >= 15 is 0 Å². The molecule has 0 aliphatic carbocycles. The summed E-state index contributed by atoms with van der Waals surface area (Å²) >= 11 is 0. The lowest BCUT2D eigenvalue weighted by Gasteiger charge is -2.13. The number of rotatable bonds is 4. The minimum absolute atomic E-state index is 0. The first-order valence-electron chi connectivity index (χ1n) is 8.06. The zero-order valence-electron chi connectivity index (χ0n) is 15.1. The lowest BCUT2D eigenvalue weighted by Crippen LogP contribution is -2.16. The molecule has 0 bridgehead atoms. The third kappa shape index (κ3) is 3.86. The lowest BCUT2D eigenvalue weighted by atomic mass is 9.99. The maximum atomic E-state index is 12.7. The number of ketones is 2. The van der Waals surface area contributed by atoms with Crippen molar-refractivity contribution in [3.05, 3.63) is 71.3 Å². The van der Waals surface area contributed by atoms with Gasteiger partial charge in [0.15, 0.2) is 11.6 Å². The van der Waals surface area contributed by atoms with Gasteiger partial charge in [0.05, 0.1) is 16.8 Å². The topological polar surface area (TPSA) is 118 Å². The molecule has 3 rings (SSSR count). The number of hydrogen-bond acceptors (Lipinski definition) is 5. The first kappa shape index (κ1) is 19.8. The minimum atomic E-state index is -0.559. The molecule has 1 amide bonds. The molecular formula is C21H20N2O4.